The third-order valence-corrected chi connectivity index (χ3v) is 6.36. The standard InChI is InChI=1S/C25H27N5O3/c1-33-22-8-6-21(7-9-22)27-14-16-28(17-15-27)25(32)20-4-2-19(3-5-20)18-29-23-10-12-26-30(23)13-11-24(29)31/h2-10,12H,11,13-18H2,1H3. The fourth-order valence-corrected chi connectivity index (χ4v) is 4.44. The average Bonchev–Trinajstić information content (AvgIpc) is 3.35. The fourth-order valence-electron chi connectivity index (χ4n) is 4.44. The SMILES string of the molecule is COc1ccc(N2CCN(C(=O)c3ccc(CN4C(=O)CCn5nccc54)cc3)CC2)cc1. The van der Waals surface area contributed by atoms with Crippen LogP contribution in [0, 0.1) is 0 Å². The highest BCUT2D eigenvalue weighted by atomic mass is 16.5. The normalized spacial score (nSPS) is 16.0. The second-order valence-electron chi connectivity index (χ2n) is 8.32. The van der Waals surface area contributed by atoms with Crippen molar-refractivity contribution in [3.63, 3.8) is 0 Å². The molecule has 8 nitrogen and oxygen atoms in total. The van der Waals surface area contributed by atoms with Crippen molar-refractivity contribution in [3.05, 3.63) is 71.9 Å². The Balaban J connectivity index is 1.19. The van der Waals surface area contributed by atoms with E-state index in [0.717, 1.165) is 35.9 Å². The number of hydrogen-bond acceptors (Lipinski definition) is 5. The number of carbonyl (C=O) groups is 2. The van der Waals surface area contributed by atoms with E-state index in [0.29, 0.717) is 38.2 Å². The highest BCUT2D eigenvalue weighted by molar-refractivity contribution is 5.95. The Bertz CT molecular complexity index is 1130. The number of hydrogen-bond donors (Lipinski definition) is 0. The summed E-state index contributed by atoms with van der Waals surface area (Å²) in [6.45, 7) is 4.04. The van der Waals surface area contributed by atoms with E-state index in [4.69, 9.17) is 4.74 Å². The van der Waals surface area contributed by atoms with Crippen LogP contribution in [0.3, 0.4) is 0 Å². The third-order valence-electron chi connectivity index (χ3n) is 6.36. The van der Waals surface area contributed by atoms with E-state index in [-0.39, 0.29) is 11.8 Å². The van der Waals surface area contributed by atoms with Gasteiger partial charge in [-0.3, -0.25) is 14.5 Å². The number of carbonyl (C=O) groups excluding carboxylic acids is 2. The molecule has 0 atom stereocenters. The maximum Gasteiger partial charge on any atom is 0.253 e. The monoisotopic (exact) mass is 445 g/mol. The topological polar surface area (TPSA) is 70.9 Å². The van der Waals surface area contributed by atoms with Gasteiger partial charge in [0.2, 0.25) is 5.91 Å². The molecule has 0 aliphatic carbocycles. The van der Waals surface area contributed by atoms with Gasteiger partial charge in [0.25, 0.3) is 5.91 Å². The van der Waals surface area contributed by atoms with E-state index < -0.39 is 0 Å². The minimum Gasteiger partial charge on any atom is -0.497 e. The molecule has 170 valence electrons. The zero-order valence-corrected chi connectivity index (χ0v) is 18.7. The molecule has 1 fully saturated rings. The van der Waals surface area contributed by atoms with Crippen LogP contribution in [0.25, 0.3) is 0 Å². The first kappa shape index (κ1) is 21.1. The van der Waals surface area contributed by atoms with Crippen LogP contribution >= 0.6 is 0 Å². The van der Waals surface area contributed by atoms with Gasteiger partial charge in [0.1, 0.15) is 11.6 Å². The summed E-state index contributed by atoms with van der Waals surface area (Å²) in [5, 5.41) is 4.27. The first-order chi connectivity index (χ1) is 16.1. The quantitative estimate of drug-likeness (QED) is 0.604. The molecule has 0 radical (unpaired) electrons. The van der Waals surface area contributed by atoms with E-state index in [1.54, 1.807) is 18.2 Å². The lowest BCUT2D eigenvalue weighted by Crippen LogP contribution is -2.48. The third kappa shape index (κ3) is 4.28. The molecule has 3 aromatic rings. The summed E-state index contributed by atoms with van der Waals surface area (Å²) in [6.07, 6.45) is 2.17. The molecule has 0 unspecified atom stereocenters. The van der Waals surface area contributed by atoms with Crippen LogP contribution < -0.4 is 14.5 Å². The first-order valence-corrected chi connectivity index (χ1v) is 11.2. The highest BCUT2D eigenvalue weighted by Gasteiger charge is 2.25. The Morgan fingerprint density at radius 3 is 2.36 bits per heavy atom. The van der Waals surface area contributed by atoms with Crippen molar-refractivity contribution in [2.75, 3.05) is 43.1 Å². The van der Waals surface area contributed by atoms with Gasteiger partial charge in [-0.15, -0.1) is 0 Å². The molecule has 33 heavy (non-hydrogen) atoms. The zero-order valence-electron chi connectivity index (χ0n) is 18.7. The second-order valence-corrected chi connectivity index (χ2v) is 8.32. The molecular formula is C25H27N5O3. The molecule has 1 saturated heterocycles. The molecule has 2 amide bonds. The number of aryl methyl sites for hydroxylation is 1. The van der Waals surface area contributed by atoms with E-state index in [9.17, 15) is 9.59 Å². The summed E-state index contributed by atoms with van der Waals surface area (Å²) >= 11 is 0. The minimum atomic E-state index is 0.0445. The highest BCUT2D eigenvalue weighted by Crippen LogP contribution is 2.24. The molecule has 2 aromatic carbocycles. The number of rotatable bonds is 5. The van der Waals surface area contributed by atoms with Crippen LogP contribution in [-0.2, 0) is 17.9 Å². The molecular weight excluding hydrogens is 418 g/mol. The average molecular weight is 446 g/mol. The summed E-state index contributed by atoms with van der Waals surface area (Å²) in [5.74, 6) is 1.80. The number of amides is 2. The van der Waals surface area contributed by atoms with Crippen molar-refractivity contribution in [2.24, 2.45) is 0 Å². The number of aromatic nitrogens is 2. The molecule has 0 N–H and O–H groups in total. The van der Waals surface area contributed by atoms with Gasteiger partial charge in [-0.2, -0.15) is 5.10 Å². The molecule has 0 saturated carbocycles. The van der Waals surface area contributed by atoms with Crippen molar-refractivity contribution in [1.82, 2.24) is 14.7 Å². The molecule has 3 heterocycles. The summed E-state index contributed by atoms with van der Waals surface area (Å²) in [7, 11) is 1.66. The van der Waals surface area contributed by atoms with Crippen LogP contribution in [0.15, 0.2) is 60.8 Å². The number of nitrogens with zero attached hydrogens (tertiary/aromatic N) is 5. The smallest absolute Gasteiger partial charge is 0.253 e. The number of benzene rings is 2. The number of methoxy groups -OCH3 is 1. The van der Waals surface area contributed by atoms with Crippen molar-refractivity contribution in [3.8, 4) is 5.75 Å². The van der Waals surface area contributed by atoms with Crippen molar-refractivity contribution >= 4 is 23.3 Å². The lowest BCUT2D eigenvalue weighted by molar-refractivity contribution is -0.119. The predicted molar refractivity (Wildman–Crippen MR) is 126 cm³/mol. The summed E-state index contributed by atoms with van der Waals surface area (Å²) in [6, 6.07) is 17.5. The van der Waals surface area contributed by atoms with E-state index >= 15 is 0 Å². The van der Waals surface area contributed by atoms with E-state index in [1.807, 2.05) is 52.0 Å². The Labute approximate surface area is 193 Å². The number of anilines is 2. The predicted octanol–water partition coefficient (Wildman–Crippen LogP) is 2.79. The first-order valence-electron chi connectivity index (χ1n) is 11.2. The van der Waals surface area contributed by atoms with Gasteiger partial charge in [0.05, 0.1) is 26.4 Å². The molecule has 2 aliphatic heterocycles. The Kier molecular flexibility index (Phi) is 5.73. The maximum atomic E-state index is 13.0. The van der Waals surface area contributed by atoms with Gasteiger partial charge in [0.15, 0.2) is 0 Å². The molecule has 0 spiro atoms. The molecule has 5 rings (SSSR count). The fraction of sp³-hybridized carbons (Fsp3) is 0.320. The number of ether oxygens (including phenoxy) is 1. The molecule has 1 aromatic heterocycles. The van der Waals surface area contributed by atoms with Gasteiger partial charge in [0, 0.05) is 49.9 Å². The lowest BCUT2D eigenvalue weighted by atomic mass is 10.1. The Morgan fingerprint density at radius 1 is 0.939 bits per heavy atom. The van der Waals surface area contributed by atoms with E-state index in [2.05, 4.69) is 22.1 Å². The van der Waals surface area contributed by atoms with Gasteiger partial charge in [-0.25, -0.2) is 4.68 Å². The van der Waals surface area contributed by atoms with E-state index in [1.165, 1.54) is 0 Å². The van der Waals surface area contributed by atoms with Crippen LogP contribution in [0.1, 0.15) is 22.3 Å². The largest absolute Gasteiger partial charge is 0.497 e. The minimum absolute atomic E-state index is 0.0445. The number of fused-ring (bicyclic) bond motifs is 1. The molecule has 8 heteroatoms. The lowest BCUT2D eigenvalue weighted by Gasteiger charge is -2.36. The zero-order chi connectivity index (χ0) is 22.8. The van der Waals surface area contributed by atoms with Gasteiger partial charge in [-0.05, 0) is 42.0 Å². The van der Waals surface area contributed by atoms with Crippen LogP contribution in [0.4, 0.5) is 11.5 Å². The summed E-state index contributed by atoms with van der Waals surface area (Å²) in [5.41, 5.74) is 2.80. The van der Waals surface area contributed by atoms with Gasteiger partial charge < -0.3 is 14.5 Å². The van der Waals surface area contributed by atoms with Crippen LogP contribution in [0.5, 0.6) is 5.75 Å². The second kappa shape index (κ2) is 8.97. The Hall–Kier alpha value is -3.81. The van der Waals surface area contributed by atoms with Crippen LogP contribution in [-0.4, -0.2) is 59.8 Å². The molecule has 2 aliphatic rings. The van der Waals surface area contributed by atoms with Crippen LogP contribution in [0.2, 0.25) is 0 Å². The maximum absolute atomic E-state index is 13.0. The van der Waals surface area contributed by atoms with Crippen molar-refractivity contribution in [1.29, 1.82) is 0 Å². The van der Waals surface area contributed by atoms with Gasteiger partial charge in [-0.1, -0.05) is 12.1 Å². The summed E-state index contributed by atoms with van der Waals surface area (Å²) < 4.78 is 7.08. The summed E-state index contributed by atoms with van der Waals surface area (Å²) in [4.78, 5) is 31.4. The molecule has 0 bridgehead atoms. The van der Waals surface area contributed by atoms with Crippen molar-refractivity contribution in [2.45, 2.75) is 19.5 Å². The van der Waals surface area contributed by atoms with Crippen molar-refractivity contribution < 1.29 is 14.3 Å². The Morgan fingerprint density at radius 2 is 1.67 bits per heavy atom. The van der Waals surface area contributed by atoms with Gasteiger partial charge >= 0.3 is 0 Å². The number of piperazine rings is 1.